The van der Waals surface area contributed by atoms with Crippen LogP contribution in [-0.2, 0) is 30.8 Å². The topological polar surface area (TPSA) is 226 Å². The van der Waals surface area contributed by atoms with Gasteiger partial charge >= 0.3 is 30.9 Å². The van der Waals surface area contributed by atoms with E-state index in [1.54, 1.807) is 13.0 Å². The average Bonchev–Trinajstić information content (AvgIpc) is 2.92. The molecule has 0 radical (unpaired) electrons. The number of aromatic carboxylic acids is 1. The second-order valence-electron chi connectivity index (χ2n) is 9.72. The van der Waals surface area contributed by atoms with Gasteiger partial charge in [0.05, 0.1) is 16.4 Å². The molecule has 2 aliphatic heterocycles. The number of nitrogens with one attached hydrogen (secondary N) is 2. The van der Waals surface area contributed by atoms with Gasteiger partial charge in [-0.05, 0) is 49.1 Å². The number of amides is 5. The fourth-order valence-corrected chi connectivity index (χ4v) is 5.59. The van der Waals surface area contributed by atoms with Gasteiger partial charge in [-0.15, -0.1) is 0 Å². The number of likely N-dealkylation sites (N-methyl/N-ethyl adjacent to an activating group) is 1. The van der Waals surface area contributed by atoms with E-state index in [9.17, 15) is 42.5 Å². The summed E-state index contributed by atoms with van der Waals surface area (Å²) < 4.78 is 29.2. The van der Waals surface area contributed by atoms with E-state index in [2.05, 4.69) is 10.6 Å². The Hall–Kier alpha value is -4.48. The number of sulfonamides is 1. The first-order chi connectivity index (χ1) is 19.7. The molecule has 2 aromatic carbocycles. The molecule has 6 N–H and O–H groups in total. The zero-order valence-electron chi connectivity index (χ0n) is 22.6. The summed E-state index contributed by atoms with van der Waals surface area (Å²) >= 11 is 0. The highest BCUT2D eigenvalue weighted by Crippen LogP contribution is 2.30. The van der Waals surface area contributed by atoms with Crippen molar-refractivity contribution in [3.63, 3.8) is 0 Å². The Morgan fingerprint density at radius 3 is 2.50 bits per heavy atom. The molecule has 222 valence electrons. The number of carboxylic acids is 1. The highest BCUT2D eigenvalue weighted by Gasteiger charge is 2.41. The average molecular weight is 601 g/mol. The van der Waals surface area contributed by atoms with E-state index < -0.39 is 58.8 Å². The van der Waals surface area contributed by atoms with Crippen LogP contribution in [0.4, 0.5) is 4.79 Å². The Balaban J connectivity index is 1.63. The molecule has 42 heavy (non-hydrogen) atoms. The molecular formula is C25H28BN5O10S. The van der Waals surface area contributed by atoms with Crippen LogP contribution in [0.3, 0.4) is 0 Å². The zero-order valence-corrected chi connectivity index (χ0v) is 23.4. The standard InChI is InChI=1S/C25H28BN5O10S/c1-3-30-9-10-31(23(34)22(30)33)25(37)29-19(14-7-8-17(13(2)11-14)42(27,39)40)21(32)28-18-12-15-5-4-6-16(24(35)36)20(15)41-26(18)38/h4-8,11,18-19,38H,3,9-10,12H2,1-2H3,(H,28,32)(H,29,37)(H,35,36)(H2,27,39,40)/t18-,19-/m0/s1. The zero-order chi connectivity index (χ0) is 30.9. The molecule has 15 nitrogen and oxygen atoms in total. The van der Waals surface area contributed by atoms with Crippen LogP contribution in [0.25, 0.3) is 0 Å². The van der Waals surface area contributed by atoms with Crippen molar-refractivity contribution in [1.82, 2.24) is 20.4 Å². The monoisotopic (exact) mass is 601 g/mol. The fraction of sp³-hybridized carbons (Fsp3) is 0.320. The molecule has 4 rings (SSSR count). The first-order valence-electron chi connectivity index (χ1n) is 12.8. The van der Waals surface area contributed by atoms with Crippen LogP contribution in [0.15, 0.2) is 41.3 Å². The van der Waals surface area contributed by atoms with E-state index in [0.29, 0.717) is 10.5 Å². The van der Waals surface area contributed by atoms with Crippen LogP contribution < -0.4 is 20.4 Å². The van der Waals surface area contributed by atoms with Gasteiger partial charge in [0.15, 0.2) is 0 Å². The molecule has 2 aliphatic rings. The number of hydrogen-bond acceptors (Lipinski definition) is 9. The number of carbonyl (C=O) groups is 5. The second kappa shape index (κ2) is 11.8. The third-order valence-corrected chi connectivity index (χ3v) is 8.05. The quantitative estimate of drug-likeness (QED) is 0.191. The molecular weight excluding hydrogens is 573 g/mol. The molecule has 2 atom stereocenters. The molecule has 1 saturated heterocycles. The molecule has 0 aliphatic carbocycles. The summed E-state index contributed by atoms with van der Waals surface area (Å²) in [4.78, 5) is 64.9. The van der Waals surface area contributed by atoms with Crippen molar-refractivity contribution in [2.45, 2.75) is 37.1 Å². The van der Waals surface area contributed by atoms with E-state index in [4.69, 9.17) is 9.79 Å². The summed E-state index contributed by atoms with van der Waals surface area (Å²) in [6.07, 6.45) is -0.0284. The Labute approximate surface area is 240 Å². The first kappa shape index (κ1) is 30.5. The number of para-hydroxylation sites is 1. The summed E-state index contributed by atoms with van der Waals surface area (Å²) in [5.74, 6) is -5.23. The minimum absolute atomic E-state index is 0.0284. The summed E-state index contributed by atoms with van der Waals surface area (Å²) in [5.41, 5.74) is 0.504. The minimum Gasteiger partial charge on any atom is -0.534 e. The second-order valence-corrected chi connectivity index (χ2v) is 11.3. The van der Waals surface area contributed by atoms with Crippen molar-refractivity contribution < 1.29 is 47.2 Å². The summed E-state index contributed by atoms with van der Waals surface area (Å²) in [6.45, 7) is 3.35. The summed E-state index contributed by atoms with van der Waals surface area (Å²) in [5, 5.41) is 30.2. The maximum Gasteiger partial charge on any atom is 0.547 e. The highest BCUT2D eigenvalue weighted by molar-refractivity contribution is 7.89. The van der Waals surface area contributed by atoms with Crippen molar-refractivity contribution in [3.8, 4) is 5.75 Å². The number of aryl methyl sites for hydroxylation is 1. The lowest BCUT2D eigenvalue weighted by Gasteiger charge is -2.33. The maximum atomic E-state index is 13.6. The van der Waals surface area contributed by atoms with Gasteiger partial charge in [0.25, 0.3) is 0 Å². The summed E-state index contributed by atoms with van der Waals surface area (Å²) in [6, 6.07) is 5.50. The molecule has 0 unspecified atom stereocenters. The number of nitrogens with two attached hydrogens (primary N) is 1. The van der Waals surface area contributed by atoms with Crippen LogP contribution >= 0.6 is 0 Å². The molecule has 17 heteroatoms. The Morgan fingerprint density at radius 1 is 1.17 bits per heavy atom. The molecule has 0 bridgehead atoms. The van der Waals surface area contributed by atoms with Crippen LogP contribution in [0, 0.1) is 6.92 Å². The Bertz CT molecular complexity index is 1580. The van der Waals surface area contributed by atoms with Crippen molar-refractivity contribution in [2.24, 2.45) is 5.14 Å². The van der Waals surface area contributed by atoms with Crippen LogP contribution in [0.5, 0.6) is 5.75 Å². The van der Waals surface area contributed by atoms with Gasteiger partial charge in [-0.2, -0.15) is 0 Å². The lowest BCUT2D eigenvalue weighted by atomic mass is 9.72. The van der Waals surface area contributed by atoms with Crippen molar-refractivity contribution >= 4 is 46.9 Å². The van der Waals surface area contributed by atoms with E-state index in [0.717, 1.165) is 6.07 Å². The van der Waals surface area contributed by atoms with Crippen LogP contribution in [0.1, 0.15) is 40.0 Å². The smallest absolute Gasteiger partial charge is 0.534 e. The van der Waals surface area contributed by atoms with Crippen molar-refractivity contribution in [2.75, 3.05) is 19.6 Å². The Morgan fingerprint density at radius 2 is 1.88 bits per heavy atom. The first-order valence-corrected chi connectivity index (χ1v) is 14.3. The van der Waals surface area contributed by atoms with Crippen LogP contribution in [0.2, 0.25) is 0 Å². The van der Waals surface area contributed by atoms with Crippen molar-refractivity contribution in [3.05, 3.63) is 58.7 Å². The number of nitrogens with zero attached hydrogens (tertiary/aromatic N) is 2. The van der Waals surface area contributed by atoms with Gasteiger partial charge in [-0.1, -0.05) is 24.3 Å². The van der Waals surface area contributed by atoms with E-state index in [-0.39, 0.29) is 53.4 Å². The lowest BCUT2D eigenvalue weighted by Crippen LogP contribution is -2.60. The number of imide groups is 1. The molecule has 0 spiro atoms. The van der Waals surface area contributed by atoms with Gasteiger partial charge in [0.1, 0.15) is 11.8 Å². The van der Waals surface area contributed by atoms with E-state index in [1.165, 1.54) is 36.1 Å². The largest absolute Gasteiger partial charge is 0.547 e. The van der Waals surface area contributed by atoms with Gasteiger partial charge in [-0.25, -0.2) is 23.1 Å². The molecule has 0 saturated carbocycles. The number of piperazine rings is 1. The third-order valence-electron chi connectivity index (χ3n) is 6.98. The maximum absolute atomic E-state index is 13.6. The number of primary sulfonamides is 1. The summed E-state index contributed by atoms with van der Waals surface area (Å²) in [7, 11) is -5.76. The van der Waals surface area contributed by atoms with Crippen molar-refractivity contribution in [1.29, 1.82) is 0 Å². The minimum atomic E-state index is -4.10. The Kier molecular flexibility index (Phi) is 8.56. The number of urea groups is 1. The number of benzene rings is 2. The lowest BCUT2D eigenvalue weighted by molar-refractivity contribution is -0.153. The van der Waals surface area contributed by atoms with Gasteiger partial charge in [0, 0.05) is 19.6 Å². The fourth-order valence-electron chi connectivity index (χ4n) is 4.83. The van der Waals surface area contributed by atoms with Gasteiger partial charge < -0.3 is 30.3 Å². The molecule has 5 amide bonds. The third kappa shape index (κ3) is 6.07. The molecule has 0 aromatic heterocycles. The number of carboxylic acid groups (broad SMARTS) is 1. The molecule has 1 fully saturated rings. The van der Waals surface area contributed by atoms with Gasteiger partial charge in [-0.3, -0.25) is 19.3 Å². The molecule has 2 aromatic rings. The number of carbonyl (C=O) groups excluding carboxylic acids is 4. The number of rotatable bonds is 7. The molecule has 2 heterocycles. The predicted octanol–water partition coefficient (Wildman–Crippen LogP) is -1.08. The SMILES string of the molecule is CCN1CCN(C(=O)N[C@H](C(=O)N[C@H]2Cc3cccc(C(=O)O)c3OB2O)c2ccc(S(N)(=O)=O)c(C)c2)C(=O)C1=O. The van der Waals surface area contributed by atoms with E-state index >= 15 is 0 Å². The number of fused-ring (bicyclic) bond motifs is 1. The predicted molar refractivity (Wildman–Crippen MR) is 145 cm³/mol. The normalized spacial score (nSPS) is 17.7. The van der Waals surface area contributed by atoms with Gasteiger partial charge in [0.2, 0.25) is 15.9 Å². The highest BCUT2D eigenvalue weighted by atomic mass is 32.2. The van der Waals surface area contributed by atoms with Crippen LogP contribution in [-0.4, -0.2) is 90.8 Å². The van der Waals surface area contributed by atoms with E-state index in [1.807, 2.05) is 0 Å². The number of hydrogen-bond donors (Lipinski definition) is 5.